The van der Waals surface area contributed by atoms with Gasteiger partial charge >= 0.3 is 0 Å². The van der Waals surface area contributed by atoms with Crippen molar-refractivity contribution in [2.45, 2.75) is 19.3 Å². The molecule has 6 aromatic carbocycles. The van der Waals surface area contributed by atoms with E-state index in [0.717, 1.165) is 72.7 Å². The van der Waals surface area contributed by atoms with Gasteiger partial charge in [0.15, 0.2) is 5.82 Å². The predicted octanol–water partition coefficient (Wildman–Crippen LogP) is 12.1. The maximum atomic E-state index is 10.0. The van der Waals surface area contributed by atoms with E-state index < -0.39 is 0 Å². The molecule has 0 fully saturated rings. The molecule has 0 aliphatic heterocycles. The molecule has 0 saturated carbocycles. The second-order valence-electron chi connectivity index (χ2n) is 14.0. The summed E-state index contributed by atoms with van der Waals surface area (Å²) in [5, 5.41) is 10.0. The fourth-order valence-electron chi connectivity index (χ4n) is 7.70. The first kappa shape index (κ1) is 32.0. The topological polar surface area (TPSA) is 62.5 Å². The van der Waals surface area contributed by atoms with E-state index in [9.17, 15) is 5.26 Å². The summed E-state index contributed by atoms with van der Waals surface area (Å²) in [6.45, 7) is 4.44. The molecule has 250 valence electrons. The van der Waals surface area contributed by atoms with E-state index in [1.807, 2.05) is 60.8 Å². The van der Waals surface area contributed by atoms with E-state index in [1.165, 1.54) is 16.7 Å². The van der Waals surface area contributed by atoms with Crippen LogP contribution in [0.3, 0.4) is 0 Å². The third-order valence-corrected chi connectivity index (χ3v) is 10.4. The largest absolute Gasteiger partial charge is 0.256 e. The molecule has 53 heavy (non-hydrogen) atoms. The Morgan fingerprint density at radius 3 is 1.75 bits per heavy atom. The number of nitriles is 1. The molecule has 2 aromatic heterocycles. The Hall–Kier alpha value is -6.96. The number of fused-ring (bicyclic) bond motifs is 3. The maximum Gasteiger partial charge on any atom is 0.160 e. The Morgan fingerprint density at radius 1 is 0.453 bits per heavy atom. The van der Waals surface area contributed by atoms with Gasteiger partial charge in [0.1, 0.15) is 0 Å². The number of benzene rings is 6. The average Bonchev–Trinajstić information content (AvgIpc) is 3.47. The average molecular weight is 679 g/mol. The van der Waals surface area contributed by atoms with E-state index in [-0.39, 0.29) is 5.41 Å². The van der Waals surface area contributed by atoms with E-state index in [0.29, 0.717) is 5.82 Å². The van der Waals surface area contributed by atoms with Crippen molar-refractivity contribution in [3.05, 3.63) is 187 Å². The van der Waals surface area contributed by atoms with Crippen LogP contribution in [0.2, 0.25) is 0 Å². The smallest absolute Gasteiger partial charge is 0.160 e. The number of aromatic nitrogens is 3. The van der Waals surface area contributed by atoms with E-state index >= 15 is 0 Å². The van der Waals surface area contributed by atoms with Crippen LogP contribution < -0.4 is 0 Å². The number of nitrogens with zero attached hydrogens (tertiary/aromatic N) is 4. The van der Waals surface area contributed by atoms with Gasteiger partial charge in [0, 0.05) is 33.9 Å². The third-order valence-electron chi connectivity index (χ3n) is 10.4. The van der Waals surface area contributed by atoms with Crippen LogP contribution in [0.5, 0.6) is 0 Å². The van der Waals surface area contributed by atoms with Gasteiger partial charge in [-0.05, 0) is 93.0 Å². The fraction of sp³-hybridized carbons (Fsp3) is 0.0612. The van der Waals surface area contributed by atoms with Crippen molar-refractivity contribution in [1.29, 1.82) is 5.26 Å². The molecule has 0 atom stereocenters. The molecule has 4 heteroatoms. The number of hydrogen-bond acceptors (Lipinski definition) is 4. The summed E-state index contributed by atoms with van der Waals surface area (Å²) >= 11 is 0. The molecular formula is C49H34N4. The maximum absolute atomic E-state index is 10.0. The van der Waals surface area contributed by atoms with Crippen LogP contribution in [0.1, 0.15) is 30.5 Å². The molecule has 1 aliphatic carbocycles. The van der Waals surface area contributed by atoms with Crippen molar-refractivity contribution < 1.29 is 0 Å². The lowest BCUT2D eigenvalue weighted by Gasteiger charge is -2.23. The first-order valence-corrected chi connectivity index (χ1v) is 17.8. The van der Waals surface area contributed by atoms with Gasteiger partial charge in [-0.1, -0.05) is 129 Å². The van der Waals surface area contributed by atoms with Gasteiger partial charge in [0.2, 0.25) is 0 Å². The summed E-state index contributed by atoms with van der Waals surface area (Å²) in [4.78, 5) is 15.1. The van der Waals surface area contributed by atoms with Gasteiger partial charge < -0.3 is 0 Å². The molecular weight excluding hydrogens is 645 g/mol. The molecule has 4 nitrogen and oxygen atoms in total. The number of rotatable bonds is 6. The normalized spacial score (nSPS) is 12.5. The summed E-state index contributed by atoms with van der Waals surface area (Å²) in [5.74, 6) is 0.667. The SMILES string of the molecule is CC1(C)c2cc(-c3cc(-c4ccccn4)cc(-c4cc(-c5ccc(-c6ccccc6)cc5)nc(-c5ccccc5)n4)c3)ccc2-c2cccc(C#N)c21. The summed E-state index contributed by atoms with van der Waals surface area (Å²) in [5.41, 5.74) is 16.0. The van der Waals surface area contributed by atoms with Crippen LogP contribution >= 0.6 is 0 Å². The molecule has 2 heterocycles. The van der Waals surface area contributed by atoms with E-state index in [4.69, 9.17) is 15.0 Å². The second kappa shape index (κ2) is 13.0. The molecule has 0 bridgehead atoms. The van der Waals surface area contributed by atoms with Crippen LogP contribution in [-0.4, -0.2) is 15.0 Å². The second-order valence-corrected chi connectivity index (χ2v) is 14.0. The number of pyridine rings is 1. The van der Waals surface area contributed by atoms with Crippen molar-refractivity contribution in [2.75, 3.05) is 0 Å². The third kappa shape index (κ3) is 5.79. The minimum Gasteiger partial charge on any atom is -0.256 e. The van der Waals surface area contributed by atoms with Crippen LogP contribution in [0, 0.1) is 11.3 Å². The number of hydrogen-bond donors (Lipinski definition) is 0. The molecule has 9 rings (SSSR count). The zero-order chi connectivity index (χ0) is 35.9. The molecule has 0 saturated heterocycles. The van der Waals surface area contributed by atoms with Gasteiger partial charge in [-0.25, -0.2) is 9.97 Å². The van der Waals surface area contributed by atoms with E-state index in [2.05, 4.69) is 129 Å². The Balaban J connectivity index is 1.21. The Kier molecular flexibility index (Phi) is 7.83. The lowest BCUT2D eigenvalue weighted by Crippen LogP contribution is -2.16. The Bertz CT molecular complexity index is 2670. The zero-order valence-electron chi connectivity index (χ0n) is 29.5. The van der Waals surface area contributed by atoms with Crippen LogP contribution in [0.15, 0.2) is 170 Å². The fourth-order valence-corrected chi connectivity index (χ4v) is 7.70. The van der Waals surface area contributed by atoms with Crippen molar-refractivity contribution in [3.8, 4) is 84.6 Å². The molecule has 0 unspecified atom stereocenters. The Morgan fingerprint density at radius 2 is 1.06 bits per heavy atom. The van der Waals surface area contributed by atoms with Gasteiger partial charge in [-0.3, -0.25) is 4.98 Å². The quantitative estimate of drug-likeness (QED) is 0.176. The summed E-state index contributed by atoms with van der Waals surface area (Å²) in [6.07, 6.45) is 1.83. The summed E-state index contributed by atoms with van der Waals surface area (Å²) < 4.78 is 0. The summed E-state index contributed by atoms with van der Waals surface area (Å²) in [6, 6.07) is 59.1. The van der Waals surface area contributed by atoms with E-state index in [1.54, 1.807) is 0 Å². The molecule has 0 radical (unpaired) electrons. The molecule has 1 aliphatic rings. The monoisotopic (exact) mass is 678 g/mol. The van der Waals surface area contributed by atoms with Crippen LogP contribution in [-0.2, 0) is 5.41 Å². The Labute approximate surface area is 309 Å². The van der Waals surface area contributed by atoms with Gasteiger partial charge in [0.25, 0.3) is 0 Å². The predicted molar refractivity (Wildman–Crippen MR) is 215 cm³/mol. The van der Waals surface area contributed by atoms with Gasteiger partial charge in [-0.15, -0.1) is 0 Å². The zero-order valence-corrected chi connectivity index (χ0v) is 29.5. The lowest BCUT2D eigenvalue weighted by molar-refractivity contribution is 0.658. The highest BCUT2D eigenvalue weighted by Gasteiger charge is 2.37. The molecule has 0 amide bonds. The molecule has 8 aromatic rings. The highest BCUT2D eigenvalue weighted by Crippen LogP contribution is 2.51. The minimum atomic E-state index is -0.323. The van der Waals surface area contributed by atoms with Crippen LogP contribution in [0.4, 0.5) is 0 Å². The first-order valence-electron chi connectivity index (χ1n) is 17.8. The first-order chi connectivity index (χ1) is 26.0. The lowest BCUT2D eigenvalue weighted by atomic mass is 9.79. The molecule has 0 N–H and O–H groups in total. The van der Waals surface area contributed by atoms with Gasteiger partial charge in [-0.2, -0.15) is 5.26 Å². The van der Waals surface area contributed by atoms with Crippen molar-refractivity contribution in [2.24, 2.45) is 0 Å². The standard InChI is InChI=1S/C49H34N4/c1-49(2)43-29-36(23-24-41(43)42-17-11-16-37(31-50)47(42)49)38-26-39(44-18-9-10-25-51-44)28-40(27-38)46-30-45(52-48(53-46)35-14-7-4-8-15-35)34-21-19-33(20-22-34)32-12-5-3-6-13-32/h3-30H,1-2H3. The van der Waals surface area contributed by atoms with Crippen molar-refractivity contribution in [1.82, 2.24) is 15.0 Å². The molecule has 0 spiro atoms. The highest BCUT2D eigenvalue weighted by atomic mass is 14.9. The van der Waals surface area contributed by atoms with Crippen LogP contribution in [0.25, 0.3) is 78.5 Å². The van der Waals surface area contributed by atoms with Crippen molar-refractivity contribution in [3.63, 3.8) is 0 Å². The summed E-state index contributed by atoms with van der Waals surface area (Å²) in [7, 11) is 0. The minimum absolute atomic E-state index is 0.323. The van der Waals surface area contributed by atoms with Gasteiger partial charge in [0.05, 0.1) is 28.7 Å². The highest BCUT2D eigenvalue weighted by molar-refractivity contribution is 5.87. The van der Waals surface area contributed by atoms with Crippen molar-refractivity contribution >= 4 is 0 Å².